The van der Waals surface area contributed by atoms with Crippen molar-refractivity contribution in [3.8, 4) is 0 Å². The van der Waals surface area contributed by atoms with E-state index in [1.165, 1.54) is 30.4 Å². The van der Waals surface area contributed by atoms with E-state index in [0.29, 0.717) is 0 Å². The molecule has 0 saturated carbocycles. The second-order valence-corrected chi connectivity index (χ2v) is 6.14. The van der Waals surface area contributed by atoms with Gasteiger partial charge in [-0.15, -0.1) is 0 Å². The third-order valence-electron chi connectivity index (χ3n) is 4.00. The zero-order chi connectivity index (χ0) is 16.2. The van der Waals surface area contributed by atoms with Crippen LogP contribution >= 0.6 is 0 Å². The molecule has 0 bridgehead atoms. The SMILES string of the molecule is CCCNCCCCN(Cc1ccccc1)Cc1ccccc1. The van der Waals surface area contributed by atoms with Crippen LogP contribution < -0.4 is 5.32 Å². The van der Waals surface area contributed by atoms with E-state index >= 15 is 0 Å². The van der Waals surface area contributed by atoms with Crippen molar-refractivity contribution >= 4 is 0 Å². The highest BCUT2D eigenvalue weighted by molar-refractivity contribution is 5.17. The molecule has 0 amide bonds. The molecule has 0 unspecified atom stereocenters. The highest BCUT2D eigenvalue weighted by atomic mass is 15.1. The number of rotatable bonds is 11. The number of nitrogens with zero attached hydrogens (tertiary/aromatic N) is 1. The van der Waals surface area contributed by atoms with Gasteiger partial charge in [0.25, 0.3) is 0 Å². The van der Waals surface area contributed by atoms with Crippen LogP contribution in [0.2, 0.25) is 0 Å². The fourth-order valence-electron chi connectivity index (χ4n) is 2.78. The maximum Gasteiger partial charge on any atom is 0.0237 e. The fourth-order valence-corrected chi connectivity index (χ4v) is 2.78. The van der Waals surface area contributed by atoms with Gasteiger partial charge in [-0.2, -0.15) is 0 Å². The first-order chi connectivity index (χ1) is 11.4. The Morgan fingerprint density at radius 3 is 1.83 bits per heavy atom. The molecule has 0 aromatic heterocycles. The molecule has 0 fully saturated rings. The number of hydrogen-bond donors (Lipinski definition) is 1. The molecule has 1 N–H and O–H groups in total. The summed E-state index contributed by atoms with van der Waals surface area (Å²) in [5.41, 5.74) is 2.79. The van der Waals surface area contributed by atoms with Crippen molar-refractivity contribution in [3.63, 3.8) is 0 Å². The molecule has 23 heavy (non-hydrogen) atoms. The van der Waals surface area contributed by atoms with Gasteiger partial charge in [0, 0.05) is 13.1 Å². The molecular weight excluding hydrogens is 280 g/mol. The van der Waals surface area contributed by atoms with Gasteiger partial charge in [-0.25, -0.2) is 0 Å². The van der Waals surface area contributed by atoms with Crippen LogP contribution in [0.1, 0.15) is 37.3 Å². The van der Waals surface area contributed by atoms with Crippen LogP contribution in [-0.4, -0.2) is 24.5 Å². The average Bonchev–Trinajstić information content (AvgIpc) is 2.60. The monoisotopic (exact) mass is 310 g/mol. The Morgan fingerprint density at radius 1 is 0.739 bits per heavy atom. The van der Waals surface area contributed by atoms with Crippen molar-refractivity contribution in [2.24, 2.45) is 0 Å². The summed E-state index contributed by atoms with van der Waals surface area (Å²) >= 11 is 0. The van der Waals surface area contributed by atoms with Gasteiger partial charge < -0.3 is 5.32 Å². The second-order valence-electron chi connectivity index (χ2n) is 6.14. The summed E-state index contributed by atoms with van der Waals surface area (Å²) in [7, 11) is 0. The predicted octanol–water partition coefficient (Wildman–Crippen LogP) is 4.47. The van der Waals surface area contributed by atoms with Gasteiger partial charge in [0.2, 0.25) is 0 Å². The summed E-state index contributed by atoms with van der Waals surface area (Å²) in [5.74, 6) is 0. The van der Waals surface area contributed by atoms with Crippen LogP contribution in [0, 0.1) is 0 Å². The molecule has 0 aliphatic carbocycles. The third-order valence-corrected chi connectivity index (χ3v) is 4.00. The summed E-state index contributed by atoms with van der Waals surface area (Å²) < 4.78 is 0. The lowest BCUT2D eigenvalue weighted by Gasteiger charge is -2.22. The van der Waals surface area contributed by atoms with Gasteiger partial charge >= 0.3 is 0 Å². The van der Waals surface area contributed by atoms with E-state index < -0.39 is 0 Å². The van der Waals surface area contributed by atoms with E-state index in [4.69, 9.17) is 0 Å². The topological polar surface area (TPSA) is 15.3 Å². The number of hydrogen-bond acceptors (Lipinski definition) is 2. The van der Waals surface area contributed by atoms with Gasteiger partial charge in [-0.3, -0.25) is 4.90 Å². The Labute approximate surface area is 141 Å². The van der Waals surface area contributed by atoms with Gasteiger partial charge in [0.15, 0.2) is 0 Å². The fraction of sp³-hybridized carbons (Fsp3) is 0.429. The maximum absolute atomic E-state index is 3.49. The molecule has 0 aliphatic heterocycles. The minimum absolute atomic E-state index is 1.03. The summed E-state index contributed by atoms with van der Waals surface area (Å²) in [5, 5.41) is 3.49. The van der Waals surface area contributed by atoms with E-state index in [1.807, 2.05) is 0 Å². The Morgan fingerprint density at radius 2 is 1.30 bits per heavy atom. The van der Waals surface area contributed by atoms with Gasteiger partial charge in [-0.1, -0.05) is 67.6 Å². The van der Waals surface area contributed by atoms with Crippen LogP contribution in [-0.2, 0) is 13.1 Å². The lowest BCUT2D eigenvalue weighted by molar-refractivity contribution is 0.251. The normalized spacial score (nSPS) is 11.0. The van der Waals surface area contributed by atoms with Crippen molar-refractivity contribution in [1.29, 1.82) is 0 Å². The summed E-state index contributed by atoms with van der Waals surface area (Å²) in [6, 6.07) is 21.6. The molecule has 2 aromatic carbocycles. The third kappa shape index (κ3) is 7.45. The molecule has 124 valence electrons. The van der Waals surface area contributed by atoms with E-state index in [2.05, 4.69) is 77.8 Å². The molecular formula is C21H30N2. The average molecular weight is 310 g/mol. The largest absolute Gasteiger partial charge is 0.317 e. The molecule has 0 saturated heterocycles. The van der Waals surface area contributed by atoms with E-state index in [0.717, 1.165) is 32.7 Å². The number of unbranched alkanes of at least 4 members (excludes halogenated alkanes) is 1. The first-order valence-corrected chi connectivity index (χ1v) is 8.89. The molecule has 0 spiro atoms. The van der Waals surface area contributed by atoms with Crippen molar-refractivity contribution < 1.29 is 0 Å². The standard InChI is InChI=1S/C21H30N2/c1-2-15-22-16-9-10-17-23(18-20-11-5-3-6-12-20)19-21-13-7-4-8-14-21/h3-8,11-14,22H,2,9-10,15-19H2,1H3. The van der Waals surface area contributed by atoms with E-state index in [-0.39, 0.29) is 0 Å². The minimum atomic E-state index is 1.03. The molecule has 0 heterocycles. The first-order valence-electron chi connectivity index (χ1n) is 8.89. The summed E-state index contributed by atoms with van der Waals surface area (Å²) in [4.78, 5) is 2.56. The highest BCUT2D eigenvalue weighted by Gasteiger charge is 2.07. The predicted molar refractivity (Wildman–Crippen MR) is 99.4 cm³/mol. The maximum atomic E-state index is 3.49. The first kappa shape index (κ1) is 17.7. The molecule has 2 heteroatoms. The molecule has 0 aliphatic rings. The van der Waals surface area contributed by atoms with Crippen LogP contribution in [0.3, 0.4) is 0 Å². The Kier molecular flexibility index (Phi) is 8.46. The highest BCUT2D eigenvalue weighted by Crippen LogP contribution is 2.11. The summed E-state index contributed by atoms with van der Waals surface area (Å²) in [6.07, 6.45) is 3.71. The quantitative estimate of drug-likeness (QED) is 0.616. The zero-order valence-electron chi connectivity index (χ0n) is 14.4. The minimum Gasteiger partial charge on any atom is -0.317 e. The number of benzene rings is 2. The second kappa shape index (κ2) is 11.0. The van der Waals surface area contributed by atoms with Crippen molar-refractivity contribution in [3.05, 3.63) is 71.8 Å². The molecule has 0 radical (unpaired) electrons. The van der Waals surface area contributed by atoms with Crippen LogP contribution in [0.25, 0.3) is 0 Å². The van der Waals surface area contributed by atoms with Crippen LogP contribution in [0.15, 0.2) is 60.7 Å². The van der Waals surface area contributed by atoms with Crippen molar-refractivity contribution in [2.75, 3.05) is 19.6 Å². The smallest absolute Gasteiger partial charge is 0.0237 e. The molecule has 2 rings (SSSR count). The van der Waals surface area contributed by atoms with Crippen LogP contribution in [0.4, 0.5) is 0 Å². The Balaban J connectivity index is 1.83. The van der Waals surface area contributed by atoms with Crippen LogP contribution in [0.5, 0.6) is 0 Å². The molecule has 2 nitrogen and oxygen atoms in total. The van der Waals surface area contributed by atoms with Gasteiger partial charge in [-0.05, 0) is 50.0 Å². The molecule has 2 aromatic rings. The number of nitrogens with one attached hydrogen (secondary N) is 1. The summed E-state index contributed by atoms with van der Waals surface area (Å²) in [6.45, 7) is 7.69. The Hall–Kier alpha value is -1.64. The van der Waals surface area contributed by atoms with Crippen molar-refractivity contribution in [1.82, 2.24) is 10.2 Å². The van der Waals surface area contributed by atoms with E-state index in [1.54, 1.807) is 0 Å². The lowest BCUT2D eigenvalue weighted by atomic mass is 10.1. The zero-order valence-corrected chi connectivity index (χ0v) is 14.4. The lowest BCUT2D eigenvalue weighted by Crippen LogP contribution is -2.25. The molecule has 0 atom stereocenters. The van der Waals surface area contributed by atoms with Gasteiger partial charge in [0.05, 0.1) is 0 Å². The van der Waals surface area contributed by atoms with Gasteiger partial charge in [0.1, 0.15) is 0 Å². The van der Waals surface area contributed by atoms with Crippen molar-refractivity contribution in [2.45, 2.75) is 39.3 Å². The van der Waals surface area contributed by atoms with E-state index in [9.17, 15) is 0 Å². The Bertz CT molecular complexity index is 468.